The smallest absolute Gasteiger partial charge is 0.307 e. The number of fused-ring (bicyclic) bond motifs is 1. The zero-order valence-electron chi connectivity index (χ0n) is 14.4. The summed E-state index contributed by atoms with van der Waals surface area (Å²) in [6.45, 7) is 5.58. The number of aryl methyl sites for hydroxylation is 1. The first-order valence-electron chi connectivity index (χ1n) is 7.83. The van der Waals surface area contributed by atoms with Crippen molar-refractivity contribution >= 4 is 22.8 Å². The van der Waals surface area contributed by atoms with Gasteiger partial charge in [-0.15, -0.1) is 0 Å². The van der Waals surface area contributed by atoms with Crippen LogP contribution in [0.25, 0.3) is 10.9 Å². The molecule has 0 saturated carbocycles. The van der Waals surface area contributed by atoms with Gasteiger partial charge in [-0.3, -0.25) is 14.6 Å². The number of nitrogens with one attached hydrogen (secondary N) is 1. The van der Waals surface area contributed by atoms with Crippen molar-refractivity contribution in [2.24, 2.45) is 0 Å². The van der Waals surface area contributed by atoms with Crippen molar-refractivity contribution in [2.45, 2.75) is 33.3 Å². The molecule has 1 heterocycles. The molecule has 0 saturated heterocycles. The maximum absolute atomic E-state index is 12.3. The lowest BCUT2D eigenvalue weighted by atomic mass is 10.1. The van der Waals surface area contributed by atoms with Gasteiger partial charge in [-0.25, -0.2) is 0 Å². The summed E-state index contributed by atoms with van der Waals surface area (Å²) in [4.78, 5) is 28.2. The quantitative estimate of drug-likeness (QED) is 0.824. The number of esters is 1. The lowest BCUT2D eigenvalue weighted by Crippen LogP contribution is -2.28. The van der Waals surface area contributed by atoms with Gasteiger partial charge in [-0.1, -0.05) is 0 Å². The van der Waals surface area contributed by atoms with Crippen LogP contribution in [0, 0.1) is 6.92 Å². The second-order valence-corrected chi connectivity index (χ2v) is 5.72. The van der Waals surface area contributed by atoms with E-state index in [1.807, 2.05) is 18.2 Å². The van der Waals surface area contributed by atoms with Crippen molar-refractivity contribution < 1.29 is 19.1 Å². The Morgan fingerprint density at radius 2 is 2.00 bits per heavy atom. The van der Waals surface area contributed by atoms with Crippen molar-refractivity contribution in [2.75, 3.05) is 13.7 Å². The van der Waals surface area contributed by atoms with Crippen LogP contribution in [0.4, 0.5) is 0 Å². The van der Waals surface area contributed by atoms with Gasteiger partial charge in [0.1, 0.15) is 5.75 Å². The molecule has 0 aliphatic rings. The number of carbonyl (C=O) groups is 2. The summed E-state index contributed by atoms with van der Waals surface area (Å²) in [7, 11) is 1.60. The molecule has 2 aromatic rings. The van der Waals surface area contributed by atoms with Gasteiger partial charge >= 0.3 is 5.97 Å². The Labute approximate surface area is 141 Å². The fourth-order valence-electron chi connectivity index (χ4n) is 2.30. The molecule has 0 radical (unpaired) electrons. The molecule has 6 nitrogen and oxygen atoms in total. The molecule has 1 N–H and O–H groups in total. The fourth-order valence-corrected chi connectivity index (χ4v) is 2.30. The summed E-state index contributed by atoms with van der Waals surface area (Å²) in [5.74, 6) is 0.135. The van der Waals surface area contributed by atoms with Crippen LogP contribution in [0.2, 0.25) is 0 Å². The number of rotatable bonds is 6. The first-order valence-corrected chi connectivity index (χ1v) is 7.83. The second-order valence-electron chi connectivity index (χ2n) is 5.72. The molecule has 128 valence electrons. The van der Waals surface area contributed by atoms with Crippen LogP contribution in [0.15, 0.2) is 24.3 Å². The van der Waals surface area contributed by atoms with E-state index in [1.54, 1.807) is 33.9 Å². The van der Waals surface area contributed by atoms with Crippen LogP contribution < -0.4 is 10.1 Å². The Morgan fingerprint density at radius 1 is 1.25 bits per heavy atom. The summed E-state index contributed by atoms with van der Waals surface area (Å²) in [5, 5.41) is 3.58. The molecular weight excluding hydrogens is 308 g/mol. The molecule has 1 aromatic heterocycles. The molecule has 1 aromatic carbocycles. The normalized spacial score (nSPS) is 10.7. The van der Waals surface area contributed by atoms with Crippen LogP contribution in [0.3, 0.4) is 0 Å². The third-order valence-corrected chi connectivity index (χ3v) is 3.44. The number of ether oxygens (including phenoxy) is 2. The monoisotopic (exact) mass is 330 g/mol. The SMILES string of the molecule is COc1ccc2cc(C(=O)NCCC(=O)OC(C)C)c(C)nc2c1. The third kappa shape index (κ3) is 4.44. The number of nitrogens with zero attached hydrogens (tertiary/aromatic N) is 1. The molecule has 2 rings (SSSR count). The van der Waals surface area contributed by atoms with Crippen LogP contribution in [0.1, 0.15) is 36.3 Å². The van der Waals surface area contributed by atoms with Gasteiger partial charge in [-0.05, 0) is 39.0 Å². The maximum atomic E-state index is 12.3. The number of hydrogen-bond donors (Lipinski definition) is 1. The minimum absolute atomic E-state index is 0.140. The Bertz CT molecular complexity index is 756. The molecule has 1 amide bonds. The minimum Gasteiger partial charge on any atom is -0.497 e. The highest BCUT2D eigenvalue weighted by Crippen LogP contribution is 2.21. The molecule has 0 aliphatic carbocycles. The second kappa shape index (κ2) is 7.77. The lowest BCUT2D eigenvalue weighted by Gasteiger charge is -2.10. The van der Waals surface area contributed by atoms with Crippen LogP contribution in [-0.4, -0.2) is 36.6 Å². The minimum atomic E-state index is -0.328. The molecule has 0 bridgehead atoms. The molecule has 6 heteroatoms. The molecule has 0 aliphatic heterocycles. The van der Waals surface area contributed by atoms with Gasteiger partial charge in [0.25, 0.3) is 5.91 Å². The van der Waals surface area contributed by atoms with Crippen molar-refractivity contribution in [3.8, 4) is 5.75 Å². The zero-order chi connectivity index (χ0) is 17.7. The number of aromatic nitrogens is 1. The third-order valence-electron chi connectivity index (χ3n) is 3.44. The number of carbonyl (C=O) groups excluding carboxylic acids is 2. The number of amides is 1. The highest BCUT2D eigenvalue weighted by atomic mass is 16.5. The Kier molecular flexibility index (Phi) is 5.73. The van der Waals surface area contributed by atoms with E-state index < -0.39 is 0 Å². The van der Waals surface area contributed by atoms with E-state index in [-0.39, 0.29) is 30.9 Å². The van der Waals surface area contributed by atoms with E-state index in [1.165, 1.54) is 0 Å². The molecule has 0 spiro atoms. The van der Waals surface area contributed by atoms with Gasteiger partial charge in [0.2, 0.25) is 0 Å². The van der Waals surface area contributed by atoms with Crippen molar-refractivity contribution in [1.29, 1.82) is 0 Å². The van der Waals surface area contributed by atoms with Crippen LogP contribution >= 0.6 is 0 Å². The van der Waals surface area contributed by atoms with E-state index >= 15 is 0 Å². The zero-order valence-corrected chi connectivity index (χ0v) is 14.4. The number of benzene rings is 1. The van der Waals surface area contributed by atoms with E-state index in [9.17, 15) is 9.59 Å². The Morgan fingerprint density at radius 3 is 2.67 bits per heavy atom. The van der Waals surface area contributed by atoms with E-state index in [0.717, 1.165) is 16.7 Å². The largest absolute Gasteiger partial charge is 0.497 e. The van der Waals surface area contributed by atoms with E-state index in [4.69, 9.17) is 9.47 Å². The fraction of sp³-hybridized carbons (Fsp3) is 0.389. The number of pyridine rings is 1. The topological polar surface area (TPSA) is 77.5 Å². The molecule has 0 atom stereocenters. The molecule has 24 heavy (non-hydrogen) atoms. The first-order chi connectivity index (χ1) is 11.4. The summed E-state index contributed by atoms with van der Waals surface area (Å²) in [6.07, 6.45) is -0.0154. The predicted octanol–water partition coefficient (Wildman–Crippen LogP) is 2.62. The Balaban J connectivity index is 2.06. The van der Waals surface area contributed by atoms with Crippen molar-refractivity contribution in [3.63, 3.8) is 0 Å². The van der Waals surface area contributed by atoms with E-state index in [0.29, 0.717) is 11.3 Å². The van der Waals surface area contributed by atoms with E-state index in [2.05, 4.69) is 10.3 Å². The standard InChI is InChI=1S/C18H22N2O4/c1-11(2)24-17(21)7-8-19-18(22)15-9-13-5-6-14(23-4)10-16(13)20-12(15)3/h5-6,9-11H,7-8H2,1-4H3,(H,19,22). The first kappa shape index (κ1) is 17.7. The lowest BCUT2D eigenvalue weighted by molar-refractivity contribution is -0.147. The van der Waals surface area contributed by atoms with Crippen LogP contribution in [-0.2, 0) is 9.53 Å². The number of methoxy groups -OCH3 is 1. The summed E-state index contributed by atoms with van der Waals surface area (Å²) < 4.78 is 10.2. The highest BCUT2D eigenvalue weighted by Gasteiger charge is 2.13. The van der Waals surface area contributed by atoms with Gasteiger partial charge in [-0.2, -0.15) is 0 Å². The molecule has 0 unspecified atom stereocenters. The molecule has 0 fully saturated rings. The maximum Gasteiger partial charge on any atom is 0.307 e. The number of hydrogen-bond acceptors (Lipinski definition) is 5. The summed E-state index contributed by atoms with van der Waals surface area (Å²) >= 11 is 0. The van der Waals surface area contributed by atoms with Gasteiger partial charge in [0, 0.05) is 18.0 Å². The van der Waals surface area contributed by atoms with Crippen LogP contribution in [0.5, 0.6) is 5.75 Å². The van der Waals surface area contributed by atoms with Crippen molar-refractivity contribution in [1.82, 2.24) is 10.3 Å². The van der Waals surface area contributed by atoms with Gasteiger partial charge < -0.3 is 14.8 Å². The predicted molar refractivity (Wildman–Crippen MR) is 91.2 cm³/mol. The average molecular weight is 330 g/mol. The summed E-state index contributed by atoms with van der Waals surface area (Å²) in [6, 6.07) is 7.30. The summed E-state index contributed by atoms with van der Waals surface area (Å²) in [5.41, 5.74) is 1.88. The highest BCUT2D eigenvalue weighted by molar-refractivity contribution is 5.98. The Hall–Kier alpha value is -2.63. The van der Waals surface area contributed by atoms with Gasteiger partial charge in [0.05, 0.1) is 36.4 Å². The van der Waals surface area contributed by atoms with Gasteiger partial charge in [0.15, 0.2) is 0 Å². The average Bonchev–Trinajstić information content (AvgIpc) is 2.52. The molecular formula is C18H22N2O4. The van der Waals surface area contributed by atoms with Crippen molar-refractivity contribution in [3.05, 3.63) is 35.5 Å².